The molecule has 7 heavy (non-hydrogen) atoms. The first-order valence-corrected chi connectivity index (χ1v) is 3.13. The van der Waals surface area contributed by atoms with Gasteiger partial charge in [0.15, 0.2) is 0 Å². The molecule has 0 N–H and O–H groups in total. The van der Waals surface area contributed by atoms with Crippen LogP contribution in [0.15, 0.2) is 10.5 Å². The highest BCUT2D eigenvalue weighted by molar-refractivity contribution is 7.84. The molecule has 0 aliphatic heterocycles. The van der Waals surface area contributed by atoms with Crippen LogP contribution in [0.4, 0.5) is 0 Å². The zero-order valence-electron chi connectivity index (χ0n) is 4.57. The van der Waals surface area contributed by atoms with Crippen LogP contribution in [-0.4, -0.2) is 0 Å². The fourth-order valence-corrected chi connectivity index (χ4v) is 1.15. The van der Waals surface area contributed by atoms with E-state index in [9.17, 15) is 0 Å². The molecule has 0 heterocycles. The van der Waals surface area contributed by atoms with E-state index in [-0.39, 0.29) is 0 Å². The van der Waals surface area contributed by atoms with Gasteiger partial charge in [-0.15, -0.1) is 12.6 Å². The maximum atomic E-state index is 4.27. The topological polar surface area (TPSA) is 0 Å². The molecule has 0 nitrogen and oxygen atoms in total. The van der Waals surface area contributed by atoms with Crippen molar-refractivity contribution in [3.05, 3.63) is 10.5 Å². The molecular weight excluding hydrogens is 104 g/mol. The van der Waals surface area contributed by atoms with Crippen molar-refractivity contribution < 1.29 is 0 Å². The molecule has 0 saturated heterocycles. The first-order valence-electron chi connectivity index (χ1n) is 2.68. The van der Waals surface area contributed by atoms with Crippen molar-refractivity contribution in [2.75, 3.05) is 0 Å². The summed E-state index contributed by atoms with van der Waals surface area (Å²) in [6, 6.07) is 0. The van der Waals surface area contributed by atoms with Crippen molar-refractivity contribution in [1.82, 2.24) is 0 Å². The van der Waals surface area contributed by atoms with Crippen LogP contribution >= 0.6 is 12.6 Å². The molecule has 0 atom stereocenters. The number of allylic oxidation sites excluding steroid dienone is 2. The first kappa shape index (κ1) is 5.23. The molecule has 40 valence electrons. The first-order chi connectivity index (χ1) is 3.30. The Balaban J connectivity index is 2.64. The zero-order chi connectivity index (χ0) is 5.28. The summed E-state index contributed by atoms with van der Waals surface area (Å²) in [4.78, 5) is 1.32. The lowest BCUT2D eigenvalue weighted by Crippen LogP contribution is -1.63. The molecule has 1 heteroatoms. The monoisotopic (exact) mass is 114 g/mol. The van der Waals surface area contributed by atoms with Gasteiger partial charge in [-0.3, -0.25) is 0 Å². The smallest absolute Gasteiger partial charge is 0.0195 e. The Kier molecular flexibility index (Phi) is 1.43. The summed E-state index contributed by atoms with van der Waals surface area (Å²) in [5.41, 5.74) is 1.49. The highest BCUT2D eigenvalue weighted by Gasteiger charge is 2.04. The molecule has 0 aromatic rings. The quantitative estimate of drug-likeness (QED) is 0.459. The van der Waals surface area contributed by atoms with Gasteiger partial charge in [-0.1, -0.05) is 5.57 Å². The molecule has 0 radical (unpaired) electrons. The molecule has 1 rings (SSSR count). The van der Waals surface area contributed by atoms with Crippen LogP contribution in [0, 0.1) is 0 Å². The van der Waals surface area contributed by atoms with Crippen LogP contribution in [0.2, 0.25) is 0 Å². The van der Waals surface area contributed by atoms with Gasteiger partial charge in [-0.25, -0.2) is 0 Å². The molecule has 0 unspecified atom stereocenters. The van der Waals surface area contributed by atoms with Crippen LogP contribution in [0.25, 0.3) is 0 Å². The Morgan fingerprint density at radius 3 is 2.29 bits per heavy atom. The van der Waals surface area contributed by atoms with E-state index in [1.165, 1.54) is 29.7 Å². The molecule has 0 spiro atoms. The predicted octanol–water partition coefficient (Wildman–Crippen LogP) is 2.37. The molecule has 1 aliphatic carbocycles. The van der Waals surface area contributed by atoms with E-state index in [1.807, 2.05) is 0 Å². The van der Waals surface area contributed by atoms with Gasteiger partial charge in [-0.2, -0.15) is 0 Å². The number of hydrogen-bond acceptors (Lipinski definition) is 1. The maximum Gasteiger partial charge on any atom is -0.0195 e. The lowest BCUT2D eigenvalue weighted by molar-refractivity contribution is 0.904. The lowest BCUT2D eigenvalue weighted by Gasteiger charge is -1.86. The second-order valence-corrected chi connectivity index (χ2v) is 2.62. The van der Waals surface area contributed by atoms with Gasteiger partial charge in [0.25, 0.3) is 0 Å². The predicted molar refractivity (Wildman–Crippen MR) is 35.5 cm³/mol. The van der Waals surface area contributed by atoms with Crippen LogP contribution in [-0.2, 0) is 0 Å². The van der Waals surface area contributed by atoms with E-state index >= 15 is 0 Å². The number of thiol groups is 1. The van der Waals surface area contributed by atoms with Gasteiger partial charge < -0.3 is 0 Å². The lowest BCUT2D eigenvalue weighted by atomic mass is 10.3. The summed E-state index contributed by atoms with van der Waals surface area (Å²) in [6.45, 7) is 2.16. The van der Waals surface area contributed by atoms with E-state index in [0.29, 0.717) is 0 Å². The van der Waals surface area contributed by atoms with Gasteiger partial charge >= 0.3 is 0 Å². The fraction of sp³-hybridized carbons (Fsp3) is 0.667. The standard InChI is InChI=1S/C6H10S/c1-5-3-2-4-6(5)7/h7H,2-4H2,1H3. The Morgan fingerprint density at radius 1 is 1.43 bits per heavy atom. The second-order valence-electron chi connectivity index (χ2n) is 2.08. The van der Waals surface area contributed by atoms with E-state index in [1.54, 1.807) is 0 Å². The van der Waals surface area contributed by atoms with Crippen molar-refractivity contribution in [3.63, 3.8) is 0 Å². The highest BCUT2D eigenvalue weighted by Crippen LogP contribution is 2.27. The largest absolute Gasteiger partial charge is 0.148 e. The Labute approximate surface area is 50.0 Å². The summed E-state index contributed by atoms with van der Waals surface area (Å²) in [7, 11) is 0. The number of hydrogen-bond donors (Lipinski definition) is 1. The van der Waals surface area contributed by atoms with Crippen molar-refractivity contribution in [3.8, 4) is 0 Å². The molecule has 0 aromatic carbocycles. The third-order valence-electron chi connectivity index (χ3n) is 1.46. The van der Waals surface area contributed by atoms with E-state index in [4.69, 9.17) is 0 Å². The molecule has 0 aromatic heterocycles. The zero-order valence-corrected chi connectivity index (χ0v) is 5.46. The third-order valence-corrected chi connectivity index (χ3v) is 2.06. The summed E-state index contributed by atoms with van der Waals surface area (Å²) >= 11 is 4.27. The summed E-state index contributed by atoms with van der Waals surface area (Å²) in [5, 5.41) is 0. The Hall–Kier alpha value is 0.0900. The Morgan fingerprint density at radius 2 is 2.14 bits per heavy atom. The fourth-order valence-electron chi connectivity index (χ4n) is 0.879. The van der Waals surface area contributed by atoms with Gasteiger partial charge in [0.2, 0.25) is 0 Å². The summed E-state index contributed by atoms with van der Waals surface area (Å²) in [6.07, 6.45) is 3.82. The van der Waals surface area contributed by atoms with E-state index in [0.717, 1.165) is 0 Å². The molecule has 0 bridgehead atoms. The Bertz CT molecular complexity index is 90.7. The maximum absolute atomic E-state index is 4.27. The van der Waals surface area contributed by atoms with Crippen molar-refractivity contribution in [1.29, 1.82) is 0 Å². The van der Waals surface area contributed by atoms with Crippen LogP contribution in [0.3, 0.4) is 0 Å². The third kappa shape index (κ3) is 1.00. The van der Waals surface area contributed by atoms with Gasteiger partial charge in [-0.05, 0) is 31.1 Å². The van der Waals surface area contributed by atoms with Crippen LogP contribution < -0.4 is 0 Å². The van der Waals surface area contributed by atoms with Crippen LogP contribution in [0.1, 0.15) is 26.2 Å². The molecule has 0 saturated carbocycles. The minimum atomic E-state index is 1.22. The summed E-state index contributed by atoms with van der Waals surface area (Å²) in [5.74, 6) is 0. The van der Waals surface area contributed by atoms with Gasteiger partial charge in [0.05, 0.1) is 0 Å². The normalized spacial score (nSPS) is 21.4. The van der Waals surface area contributed by atoms with E-state index < -0.39 is 0 Å². The van der Waals surface area contributed by atoms with Gasteiger partial charge in [0.1, 0.15) is 0 Å². The second kappa shape index (κ2) is 1.91. The van der Waals surface area contributed by atoms with E-state index in [2.05, 4.69) is 19.6 Å². The van der Waals surface area contributed by atoms with Gasteiger partial charge in [0, 0.05) is 0 Å². The van der Waals surface area contributed by atoms with Crippen molar-refractivity contribution >= 4 is 12.6 Å². The molecule has 1 aliphatic rings. The summed E-state index contributed by atoms with van der Waals surface area (Å²) < 4.78 is 0. The number of rotatable bonds is 0. The van der Waals surface area contributed by atoms with Crippen molar-refractivity contribution in [2.45, 2.75) is 26.2 Å². The minimum absolute atomic E-state index is 1.22. The molecular formula is C6H10S. The minimum Gasteiger partial charge on any atom is -0.148 e. The highest BCUT2D eigenvalue weighted by atomic mass is 32.1. The SMILES string of the molecule is CC1=C(S)CCC1. The molecule has 0 amide bonds. The average Bonchev–Trinajstić information content (AvgIpc) is 1.91. The van der Waals surface area contributed by atoms with Crippen molar-refractivity contribution in [2.24, 2.45) is 0 Å². The van der Waals surface area contributed by atoms with Crippen LogP contribution in [0.5, 0.6) is 0 Å². The molecule has 0 fully saturated rings. The average molecular weight is 114 g/mol.